The number of aryl methyl sites for hydroxylation is 3. The molecule has 0 aliphatic carbocycles. The topological polar surface area (TPSA) is 58.6 Å². The standard InChI is InChI=1S/C25H33ClN2O3/c1-16(2)13-27-25(30)20(6)28(14-21-10-8-7-9-17(21)3)23(29)15-31-22-11-18(4)24(26)19(5)12-22/h7-12,16,20H,13-15H2,1-6H3,(H,27,30). The molecule has 6 heteroatoms. The Morgan fingerprint density at radius 2 is 1.65 bits per heavy atom. The molecular weight excluding hydrogens is 412 g/mol. The average molecular weight is 445 g/mol. The van der Waals surface area contributed by atoms with Crippen LogP contribution in [0.15, 0.2) is 36.4 Å². The second-order valence-electron chi connectivity index (χ2n) is 8.42. The van der Waals surface area contributed by atoms with E-state index in [4.69, 9.17) is 16.3 Å². The van der Waals surface area contributed by atoms with Gasteiger partial charge in [-0.15, -0.1) is 0 Å². The summed E-state index contributed by atoms with van der Waals surface area (Å²) in [4.78, 5) is 27.4. The predicted octanol–water partition coefficient (Wildman–Crippen LogP) is 4.83. The Hall–Kier alpha value is -2.53. The normalized spacial score (nSPS) is 11.9. The highest BCUT2D eigenvalue weighted by Gasteiger charge is 2.27. The molecule has 1 N–H and O–H groups in total. The van der Waals surface area contributed by atoms with Gasteiger partial charge in [-0.3, -0.25) is 9.59 Å². The molecule has 1 unspecified atom stereocenters. The molecule has 0 fully saturated rings. The SMILES string of the molecule is Cc1ccccc1CN(C(=O)COc1cc(C)c(Cl)c(C)c1)C(C)C(=O)NCC(C)C. The molecule has 0 aromatic heterocycles. The number of halogens is 1. The molecule has 0 bridgehead atoms. The molecule has 0 aliphatic rings. The van der Waals surface area contributed by atoms with Crippen LogP contribution in [0.5, 0.6) is 5.75 Å². The van der Waals surface area contributed by atoms with E-state index in [-0.39, 0.29) is 18.4 Å². The van der Waals surface area contributed by atoms with E-state index in [0.717, 1.165) is 22.3 Å². The second kappa shape index (κ2) is 11.2. The Morgan fingerprint density at radius 1 is 1.03 bits per heavy atom. The fraction of sp³-hybridized carbons (Fsp3) is 0.440. The van der Waals surface area contributed by atoms with E-state index >= 15 is 0 Å². The maximum atomic E-state index is 13.1. The number of nitrogens with one attached hydrogen (secondary N) is 1. The Bertz CT molecular complexity index is 904. The number of ether oxygens (including phenoxy) is 1. The summed E-state index contributed by atoms with van der Waals surface area (Å²) < 4.78 is 5.78. The predicted molar refractivity (Wildman–Crippen MR) is 125 cm³/mol. The van der Waals surface area contributed by atoms with Crippen LogP contribution >= 0.6 is 11.6 Å². The molecule has 0 aliphatic heterocycles. The quantitative estimate of drug-likeness (QED) is 0.602. The third-order valence-corrected chi connectivity index (χ3v) is 5.82. The number of amides is 2. The summed E-state index contributed by atoms with van der Waals surface area (Å²) in [7, 11) is 0. The Morgan fingerprint density at radius 3 is 2.23 bits per heavy atom. The highest BCUT2D eigenvalue weighted by Crippen LogP contribution is 2.26. The van der Waals surface area contributed by atoms with Crippen molar-refractivity contribution in [3.63, 3.8) is 0 Å². The van der Waals surface area contributed by atoms with E-state index in [1.54, 1.807) is 11.8 Å². The minimum atomic E-state index is -0.622. The van der Waals surface area contributed by atoms with E-state index in [1.807, 2.05) is 71.0 Å². The lowest BCUT2D eigenvalue weighted by atomic mass is 10.1. The average Bonchev–Trinajstić information content (AvgIpc) is 2.72. The van der Waals surface area contributed by atoms with Gasteiger partial charge in [-0.05, 0) is 68.0 Å². The largest absolute Gasteiger partial charge is 0.484 e. The molecule has 0 radical (unpaired) electrons. The Kier molecular flexibility index (Phi) is 8.93. The number of nitrogens with zero attached hydrogens (tertiary/aromatic N) is 1. The first-order chi connectivity index (χ1) is 14.6. The van der Waals surface area contributed by atoms with E-state index in [0.29, 0.717) is 29.8 Å². The summed E-state index contributed by atoms with van der Waals surface area (Å²) in [5, 5.41) is 3.61. The van der Waals surface area contributed by atoms with Gasteiger partial charge in [0.05, 0.1) is 0 Å². The molecule has 2 aromatic rings. The molecule has 31 heavy (non-hydrogen) atoms. The molecule has 2 amide bonds. The lowest BCUT2D eigenvalue weighted by Crippen LogP contribution is -2.49. The summed E-state index contributed by atoms with van der Waals surface area (Å²) in [5.74, 6) is 0.492. The molecule has 5 nitrogen and oxygen atoms in total. The summed E-state index contributed by atoms with van der Waals surface area (Å²) in [5.41, 5.74) is 3.85. The maximum absolute atomic E-state index is 13.1. The van der Waals surface area contributed by atoms with Crippen molar-refractivity contribution >= 4 is 23.4 Å². The number of benzene rings is 2. The maximum Gasteiger partial charge on any atom is 0.261 e. The second-order valence-corrected chi connectivity index (χ2v) is 8.80. The van der Waals surface area contributed by atoms with E-state index < -0.39 is 6.04 Å². The zero-order chi connectivity index (χ0) is 23.1. The fourth-order valence-electron chi connectivity index (χ4n) is 3.22. The summed E-state index contributed by atoms with van der Waals surface area (Å²) in [6, 6.07) is 10.9. The van der Waals surface area contributed by atoms with Crippen LogP contribution in [-0.4, -0.2) is 35.9 Å². The van der Waals surface area contributed by atoms with Gasteiger partial charge in [-0.2, -0.15) is 0 Å². The zero-order valence-corrected chi connectivity index (χ0v) is 20.0. The molecule has 0 saturated heterocycles. The smallest absolute Gasteiger partial charge is 0.261 e. The Labute approximate surface area is 190 Å². The highest BCUT2D eigenvalue weighted by atomic mass is 35.5. The molecule has 0 saturated carbocycles. The van der Waals surface area contributed by atoms with Gasteiger partial charge in [0.15, 0.2) is 6.61 Å². The van der Waals surface area contributed by atoms with Crippen molar-refractivity contribution in [1.29, 1.82) is 0 Å². The van der Waals surface area contributed by atoms with E-state index in [2.05, 4.69) is 5.32 Å². The first-order valence-electron chi connectivity index (χ1n) is 10.6. The van der Waals surface area contributed by atoms with Crippen LogP contribution in [0.2, 0.25) is 5.02 Å². The lowest BCUT2D eigenvalue weighted by Gasteiger charge is -2.29. The summed E-state index contributed by atoms with van der Waals surface area (Å²) in [6.07, 6.45) is 0. The molecule has 168 valence electrons. The molecule has 0 spiro atoms. The van der Waals surface area contributed by atoms with Crippen LogP contribution < -0.4 is 10.1 Å². The zero-order valence-electron chi connectivity index (χ0n) is 19.3. The lowest BCUT2D eigenvalue weighted by molar-refractivity contribution is -0.142. The van der Waals surface area contributed by atoms with Crippen molar-refractivity contribution < 1.29 is 14.3 Å². The van der Waals surface area contributed by atoms with Gasteiger partial charge in [0.2, 0.25) is 5.91 Å². The van der Waals surface area contributed by atoms with Gasteiger partial charge < -0.3 is 15.0 Å². The number of hydrogen-bond donors (Lipinski definition) is 1. The summed E-state index contributed by atoms with van der Waals surface area (Å²) >= 11 is 6.22. The van der Waals surface area contributed by atoms with Crippen LogP contribution in [0, 0.1) is 26.7 Å². The number of hydrogen-bond acceptors (Lipinski definition) is 3. The molecular formula is C25H33ClN2O3. The van der Waals surface area contributed by atoms with Crippen molar-refractivity contribution in [2.45, 2.75) is 54.1 Å². The number of carbonyl (C=O) groups excluding carboxylic acids is 2. The minimum absolute atomic E-state index is 0.159. The van der Waals surface area contributed by atoms with Crippen LogP contribution in [0.4, 0.5) is 0 Å². The Balaban J connectivity index is 2.19. The van der Waals surface area contributed by atoms with Crippen molar-refractivity contribution in [3.05, 3.63) is 63.7 Å². The van der Waals surface area contributed by atoms with Crippen LogP contribution in [0.25, 0.3) is 0 Å². The monoisotopic (exact) mass is 444 g/mol. The number of carbonyl (C=O) groups is 2. The van der Waals surface area contributed by atoms with E-state index in [1.165, 1.54) is 0 Å². The van der Waals surface area contributed by atoms with Crippen LogP contribution in [0.3, 0.4) is 0 Å². The highest BCUT2D eigenvalue weighted by molar-refractivity contribution is 6.32. The minimum Gasteiger partial charge on any atom is -0.484 e. The van der Waals surface area contributed by atoms with Gasteiger partial charge >= 0.3 is 0 Å². The summed E-state index contributed by atoms with van der Waals surface area (Å²) in [6.45, 7) is 12.4. The van der Waals surface area contributed by atoms with Crippen LogP contribution in [-0.2, 0) is 16.1 Å². The van der Waals surface area contributed by atoms with Crippen molar-refractivity contribution in [2.24, 2.45) is 5.92 Å². The van der Waals surface area contributed by atoms with Crippen molar-refractivity contribution in [2.75, 3.05) is 13.2 Å². The molecule has 0 heterocycles. The third-order valence-electron chi connectivity index (χ3n) is 5.23. The van der Waals surface area contributed by atoms with Gasteiger partial charge in [-0.1, -0.05) is 49.7 Å². The third kappa shape index (κ3) is 7.00. The first kappa shape index (κ1) is 24.7. The fourth-order valence-corrected chi connectivity index (χ4v) is 3.33. The van der Waals surface area contributed by atoms with Crippen LogP contribution in [0.1, 0.15) is 43.0 Å². The van der Waals surface area contributed by atoms with Gasteiger partial charge in [-0.25, -0.2) is 0 Å². The first-order valence-corrected chi connectivity index (χ1v) is 11.0. The van der Waals surface area contributed by atoms with Gasteiger partial charge in [0.1, 0.15) is 11.8 Å². The molecule has 1 atom stereocenters. The van der Waals surface area contributed by atoms with Crippen molar-refractivity contribution in [1.82, 2.24) is 10.2 Å². The molecule has 2 rings (SSSR count). The van der Waals surface area contributed by atoms with Crippen molar-refractivity contribution in [3.8, 4) is 5.75 Å². The van der Waals surface area contributed by atoms with Gasteiger partial charge in [0, 0.05) is 18.1 Å². The van der Waals surface area contributed by atoms with E-state index in [9.17, 15) is 9.59 Å². The molecule has 2 aromatic carbocycles. The van der Waals surface area contributed by atoms with Gasteiger partial charge in [0.25, 0.3) is 5.91 Å². The number of rotatable bonds is 9.